The van der Waals surface area contributed by atoms with Gasteiger partial charge < -0.3 is 19.9 Å². The molecule has 0 radical (unpaired) electrons. The first-order valence-electron chi connectivity index (χ1n) is 11.8. The molecular formula is C26H32ClNO4. The Kier molecular flexibility index (Phi) is 5.85. The number of hydrogen-bond donors (Lipinski definition) is 1. The van der Waals surface area contributed by atoms with Gasteiger partial charge in [-0.1, -0.05) is 36.6 Å². The largest absolute Gasteiger partial charge is 0.487 e. The lowest BCUT2D eigenvalue weighted by Gasteiger charge is -2.54. The van der Waals surface area contributed by atoms with E-state index in [0.29, 0.717) is 5.02 Å². The van der Waals surface area contributed by atoms with Crippen LogP contribution in [-0.2, 0) is 14.3 Å². The fourth-order valence-corrected chi connectivity index (χ4v) is 6.27. The molecule has 6 heteroatoms. The molecule has 1 spiro atoms. The molecule has 2 fully saturated rings. The summed E-state index contributed by atoms with van der Waals surface area (Å²) in [6, 6.07) is 5.86. The topological polar surface area (TPSA) is 70.8 Å². The van der Waals surface area contributed by atoms with Gasteiger partial charge >= 0.3 is 0 Å². The van der Waals surface area contributed by atoms with E-state index in [1.807, 2.05) is 30.4 Å². The molecule has 0 saturated heterocycles. The predicted molar refractivity (Wildman–Crippen MR) is 124 cm³/mol. The van der Waals surface area contributed by atoms with E-state index in [4.69, 9.17) is 31.5 Å². The standard InChI is InChI=1S/C26H32ClNO4/c1-30-26(13-4-6-17(14-23(28)29)24(26)31-19-7-2-3-8-19)21-16-25(11-5-12-25)32-22-10-9-18(27)15-20(21)22/h4,6,9-10,13,15,19,21,24H,2-3,5,7-8,11-12,14,16H2,1H3,(H2,28,29). The molecule has 0 bridgehead atoms. The van der Waals surface area contributed by atoms with Crippen molar-refractivity contribution in [2.45, 2.75) is 87.1 Å². The van der Waals surface area contributed by atoms with Crippen LogP contribution in [0.5, 0.6) is 5.75 Å². The highest BCUT2D eigenvalue weighted by atomic mass is 35.5. The van der Waals surface area contributed by atoms with Crippen molar-refractivity contribution in [1.82, 2.24) is 0 Å². The van der Waals surface area contributed by atoms with Crippen LogP contribution in [0.3, 0.4) is 0 Å². The van der Waals surface area contributed by atoms with Gasteiger partial charge in [0.25, 0.3) is 0 Å². The zero-order valence-corrected chi connectivity index (χ0v) is 19.4. The van der Waals surface area contributed by atoms with Crippen molar-refractivity contribution in [1.29, 1.82) is 0 Å². The molecule has 0 aromatic heterocycles. The lowest BCUT2D eigenvalue weighted by atomic mass is 9.63. The van der Waals surface area contributed by atoms with Crippen LogP contribution in [0.2, 0.25) is 5.02 Å². The molecule has 1 aromatic carbocycles. The summed E-state index contributed by atoms with van der Waals surface area (Å²) < 4.78 is 19.7. The molecule has 32 heavy (non-hydrogen) atoms. The first-order chi connectivity index (χ1) is 15.4. The van der Waals surface area contributed by atoms with Gasteiger partial charge in [-0.25, -0.2) is 0 Å². The highest BCUT2D eigenvalue weighted by Gasteiger charge is 2.56. The Morgan fingerprint density at radius 2 is 2.03 bits per heavy atom. The van der Waals surface area contributed by atoms with Crippen LogP contribution in [0.25, 0.3) is 0 Å². The van der Waals surface area contributed by atoms with Crippen LogP contribution in [0, 0.1) is 0 Å². The highest BCUT2D eigenvalue weighted by molar-refractivity contribution is 6.30. The third-order valence-electron chi connectivity index (χ3n) is 7.84. The van der Waals surface area contributed by atoms with Crippen molar-refractivity contribution in [2.24, 2.45) is 5.73 Å². The summed E-state index contributed by atoms with van der Waals surface area (Å²) in [6.45, 7) is 0. The third-order valence-corrected chi connectivity index (χ3v) is 8.07. The number of methoxy groups -OCH3 is 1. The number of carbonyl (C=O) groups is 1. The monoisotopic (exact) mass is 457 g/mol. The maximum Gasteiger partial charge on any atom is 0.221 e. The second-order valence-electron chi connectivity index (χ2n) is 9.80. The molecule has 5 rings (SSSR count). The third kappa shape index (κ3) is 3.78. The number of primary amides is 1. The Hall–Kier alpha value is -1.82. The van der Waals surface area contributed by atoms with Crippen LogP contribution >= 0.6 is 11.6 Å². The van der Waals surface area contributed by atoms with Crippen LogP contribution in [0.4, 0.5) is 0 Å². The zero-order chi connectivity index (χ0) is 22.3. The van der Waals surface area contributed by atoms with E-state index in [2.05, 4.69) is 6.08 Å². The van der Waals surface area contributed by atoms with E-state index in [1.165, 1.54) is 19.3 Å². The van der Waals surface area contributed by atoms with Gasteiger partial charge in [0.15, 0.2) is 0 Å². The molecule has 2 saturated carbocycles. The molecule has 1 amide bonds. The first kappa shape index (κ1) is 22.0. The number of fused-ring (bicyclic) bond motifs is 1. The second-order valence-corrected chi connectivity index (χ2v) is 10.2. The van der Waals surface area contributed by atoms with E-state index < -0.39 is 5.60 Å². The Balaban J connectivity index is 1.60. The molecule has 1 heterocycles. The predicted octanol–water partition coefficient (Wildman–Crippen LogP) is 5.21. The fourth-order valence-electron chi connectivity index (χ4n) is 6.09. The Morgan fingerprint density at radius 1 is 1.25 bits per heavy atom. The summed E-state index contributed by atoms with van der Waals surface area (Å²) in [5.41, 5.74) is 6.62. The molecule has 1 aliphatic heterocycles. The van der Waals surface area contributed by atoms with Crippen molar-refractivity contribution >= 4 is 17.5 Å². The number of allylic oxidation sites excluding steroid dienone is 2. The zero-order valence-electron chi connectivity index (χ0n) is 18.6. The number of halogens is 1. The summed E-state index contributed by atoms with van der Waals surface area (Å²) in [5.74, 6) is 0.498. The summed E-state index contributed by atoms with van der Waals surface area (Å²) in [6.07, 6.45) is 14.5. The van der Waals surface area contributed by atoms with Crippen LogP contribution in [0.15, 0.2) is 42.0 Å². The van der Waals surface area contributed by atoms with Gasteiger partial charge in [-0.05, 0) is 68.4 Å². The number of hydrogen-bond acceptors (Lipinski definition) is 4. The normalized spacial score (nSPS) is 31.0. The smallest absolute Gasteiger partial charge is 0.221 e. The van der Waals surface area contributed by atoms with Crippen LogP contribution in [-0.4, -0.2) is 36.4 Å². The minimum absolute atomic E-state index is 0.0190. The summed E-state index contributed by atoms with van der Waals surface area (Å²) >= 11 is 6.44. The van der Waals surface area contributed by atoms with Crippen molar-refractivity contribution < 1.29 is 19.0 Å². The molecule has 3 aliphatic carbocycles. The van der Waals surface area contributed by atoms with Gasteiger partial charge in [0, 0.05) is 23.6 Å². The van der Waals surface area contributed by atoms with Gasteiger partial charge in [-0.3, -0.25) is 4.79 Å². The minimum atomic E-state index is -0.770. The lowest BCUT2D eigenvalue weighted by Crippen LogP contribution is -2.57. The summed E-state index contributed by atoms with van der Waals surface area (Å²) in [4.78, 5) is 12.0. The average molecular weight is 458 g/mol. The first-order valence-corrected chi connectivity index (χ1v) is 12.2. The maximum absolute atomic E-state index is 12.0. The molecule has 3 unspecified atom stereocenters. The van der Waals surface area contributed by atoms with Crippen molar-refractivity contribution in [3.05, 3.63) is 52.6 Å². The molecule has 5 nitrogen and oxygen atoms in total. The quantitative estimate of drug-likeness (QED) is 0.636. The maximum atomic E-state index is 12.0. The number of ether oxygens (including phenoxy) is 3. The van der Waals surface area contributed by atoms with Crippen LogP contribution < -0.4 is 10.5 Å². The highest BCUT2D eigenvalue weighted by Crippen LogP contribution is 2.56. The van der Waals surface area contributed by atoms with Crippen molar-refractivity contribution in [3.63, 3.8) is 0 Å². The molecular weight excluding hydrogens is 426 g/mol. The number of rotatable bonds is 6. The van der Waals surface area contributed by atoms with Gasteiger partial charge in [-0.15, -0.1) is 0 Å². The summed E-state index contributed by atoms with van der Waals surface area (Å²) in [7, 11) is 1.75. The van der Waals surface area contributed by atoms with E-state index >= 15 is 0 Å². The van der Waals surface area contributed by atoms with Gasteiger partial charge in [-0.2, -0.15) is 0 Å². The SMILES string of the molecule is COC1(C2CC3(CCC3)Oc3ccc(Cl)cc32)C=CC=C(CC(N)=O)C1OC1CCCC1. The number of nitrogens with two attached hydrogens (primary N) is 1. The number of benzene rings is 1. The van der Waals surface area contributed by atoms with Crippen LogP contribution in [0.1, 0.15) is 69.3 Å². The van der Waals surface area contributed by atoms with Gasteiger partial charge in [0.05, 0.1) is 12.5 Å². The number of amides is 1. The average Bonchev–Trinajstić information content (AvgIpc) is 3.26. The van der Waals surface area contributed by atoms with Gasteiger partial charge in [0.1, 0.15) is 23.1 Å². The summed E-state index contributed by atoms with van der Waals surface area (Å²) in [5, 5.41) is 0.675. The second kappa shape index (κ2) is 8.51. The molecule has 3 atom stereocenters. The van der Waals surface area contributed by atoms with Gasteiger partial charge in [0.2, 0.25) is 5.91 Å². The Labute approximate surface area is 194 Å². The Morgan fingerprint density at radius 3 is 2.69 bits per heavy atom. The van der Waals surface area contributed by atoms with Crippen molar-refractivity contribution in [2.75, 3.05) is 7.11 Å². The van der Waals surface area contributed by atoms with E-state index in [9.17, 15) is 4.79 Å². The minimum Gasteiger partial charge on any atom is -0.487 e. The molecule has 1 aromatic rings. The number of carbonyl (C=O) groups excluding carboxylic acids is 1. The molecule has 4 aliphatic rings. The Bertz CT molecular complexity index is 947. The van der Waals surface area contributed by atoms with Crippen molar-refractivity contribution in [3.8, 4) is 5.75 Å². The molecule has 2 N–H and O–H groups in total. The lowest BCUT2D eigenvalue weighted by molar-refractivity contribution is -0.144. The van der Waals surface area contributed by atoms with E-state index in [-0.39, 0.29) is 36.1 Å². The van der Waals surface area contributed by atoms with E-state index in [1.54, 1.807) is 7.11 Å². The molecule has 172 valence electrons. The fraction of sp³-hybridized carbons (Fsp3) is 0.577. The van der Waals surface area contributed by atoms with E-state index in [0.717, 1.165) is 49.0 Å².